The first kappa shape index (κ1) is 21.4. The lowest BCUT2D eigenvalue weighted by Gasteiger charge is -2.30. The Morgan fingerprint density at radius 2 is 1.58 bits per heavy atom. The summed E-state index contributed by atoms with van der Waals surface area (Å²) in [5.41, 5.74) is 5.28. The van der Waals surface area contributed by atoms with Gasteiger partial charge in [-0.25, -0.2) is 8.42 Å². The van der Waals surface area contributed by atoms with E-state index in [0.717, 1.165) is 28.1 Å². The van der Waals surface area contributed by atoms with E-state index in [4.69, 9.17) is 0 Å². The SMILES string of the molecule is CC(=O)c1ccc(S(=O)(=O)N2Cc3ccccc3-n3cccc3[C@H]2c2ccc(C)cc2)cc1. The standard InChI is InChI=1S/C27H24N2O3S/c1-19-9-11-22(12-10-19)27-26-8-5-17-28(26)25-7-4-3-6-23(25)18-29(27)33(31,32)24-15-13-21(14-16-24)20(2)30/h3-17,27H,18H2,1-2H3/t27-/m1/s1. The molecule has 1 aliphatic rings. The number of hydrogen-bond acceptors (Lipinski definition) is 3. The van der Waals surface area contributed by atoms with Gasteiger partial charge in [-0.15, -0.1) is 0 Å². The smallest absolute Gasteiger partial charge is 0.244 e. The van der Waals surface area contributed by atoms with Crippen molar-refractivity contribution in [2.45, 2.75) is 31.3 Å². The van der Waals surface area contributed by atoms with E-state index in [-0.39, 0.29) is 17.2 Å². The van der Waals surface area contributed by atoms with Gasteiger partial charge in [0.2, 0.25) is 10.0 Å². The number of aromatic nitrogens is 1. The first-order chi connectivity index (χ1) is 15.9. The number of carbonyl (C=O) groups excluding carboxylic acids is 1. The highest BCUT2D eigenvalue weighted by atomic mass is 32.2. The number of aryl methyl sites for hydroxylation is 1. The lowest BCUT2D eigenvalue weighted by atomic mass is 10.0. The van der Waals surface area contributed by atoms with Gasteiger partial charge < -0.3 is 4.57 Å². The van der Waals surface area contributed by atoms with Crippen LogP contribution in [0.5, 0.6) is 0 Å². The van der Waals surface area contributed by atoms with E-state index in [1.807, 2.05) is 73.8 Å². The number of para-hydroxylation sites is 1. The average molecular weight is 457 g/mol. The van der Waals surface area contributed by atoms with Crippen LogP contribution in [-0.4, -0.2) is 23.1 Å². The van der Waals surface area contributed by atoms with Gasteiger partial charge in [-0.05, 0) is 55.3 Å². The summed E-state index contributed by atoms with van der Waals surface area (Å²) >= 11 is 0. The highest BCUT2D eigenvalue weighted by molar-refractivity contribution is 7.89. The third-order valence-corrected chi connectivity index (χ3v) is 8.01. The molecule has 1 aromatic heterocycles. The summed E-state index contributed by atoms with van der Waals surface area (Å²) in [6, 6.07) is 25.5. The van der Waals surface area contributed by atoms with Crippen LogP contribution in [0.1, 0.15) is 45.7 Å². The van der Waals surface area contributed by atoms with E-state index in [0.29, 0.717) is 5.56 Å². The van der Waals surface area contributed by atoms with Gasteiger partial charge in [0.25, 0.3) is 0 Å². The van der Waals surface area contributed by atoms with Gasteiger partial charge in [0.15, 0.2) is 5.78 Å². The minimum atomic E-state index is -3.89. The van der Waals surface area contributed by atoms with E-state index < -0.39 is 16.1 Å². The van der Waals surface area contributed by atoms with Crippen molar-refractivity contribution in [1.29, 1.82) is 0 Å². The molecule has 0 amide bonds. The molecule has 0 aliphatic carbocycles. The van der Waals surface area contributed by atoms with Crippen LogP contribution < -0.4 is 0 Å². The third kappa shape index (κ3) is 3.71. The van der Waals surface area contributed by atoms with Gasteiger partial charge in [-0.1, -0.05) is 60.2 Å². The second-order valence-electron chi connectivity index (χ2n) is 8.38. The van der Waals surface area contributed by atoms with Crippen LogP contribution >= 0.6 is 0 Å². The molecule has 0 saturated heterocycles. The Bertz CT molecular complexity index is 1440. The van der Waals surface area contributed by atoms with Crippen LogP contribution in [0.25, 0.3) is 5.69 Å². The van der Waals surface area contributed by atoms with Gasteiger partial charge >= 0.3 is 0 Å². The largest absolute Gasteiger partial charge is 0.319 e. The predicted molar refractivity (Wildman–Crippen MR) is 128 cm³/mol. The van der Waals surface area contributed by atoms with Crippen LogP contribution in [0.2, 0.25) is 0 Å². The lowest BCUT2D eigenvalue weighted by Crippen LogP contribution is -2.34. The summed E-state index contributed by atoms with van der Waals surface area (Å²) < 4.78 is 31.7. The van der Waals surface area contributed by atoms with Crippen molar-refractivity contribution in [3.8, 4) is 5.69 Å². The van der Waals surface area contributed by atoms with Crippen LogP contribution in [0.4, 0.5) is 0 Å². The van der Waals surface area contributed by atoms with E-state index in [1.54, 1.807) is 16.4 Å². The first-order valence-corrected chi connectivity index (χ1v) is 12.3. The number of nitrogens with zero attached hydrogens (tertiary/aromatic N) is 2. The number of sulfonamides is 1. The van der Waals surface area contributed by atoms with Crippen molar-refractivity contribution in [2.75, 3.05) is 0 Å². The van der Waals surface area contributed by atoms with Crippen molar-refractivity contribution in [1.82, 2.24) is 8.87 Å². The summed E-state index contributed by atoms with van der Waals surface area (Å²) in [5.74, 6) is -0.0991. The van der Waals surface area contributed by atoms with Crippen LogP contribution in [0.3, 0.4) is 0 Å². The van der Waals surface area contributed by atoms with Crippen molar-refractivity contribution in [2.24, 2.45) is 0 Å². The fourth-order valence-electron chi connectivity index (χ4n) is 4.43. The maximum atomic E-state index is 14.0. The van der Waals surface area contributed by atoms with E-state index >= 15 is 0 Å². The molecule has 2 heterocycles. The summed E-state index contributed by atoms with van der Waals surface area (Å²) in [6.45, 7) is 3.71. The number of benzene rings is 3. The summed E-state index contributed by atoms with van der Waals surface area (Å²) in [6.07, 6.45) is 1.98. The Morgan fingerprint density at radius 1 is 0.879 bits per heavy atom. The third-order valence-electron chi connectivity index (χ3n) is 6.19. The minimum Gasteiger partial charge on any atom is -0.319 e. The van der Waals surface area contributed by atoms with Gasteiger partial charge in [-0.2, -0.15) is 4.31 Å². The zero-order valence-electron chi connectivity index (χ0n) is 18.5. The average Bonchev–Trinajstić information content (AvgIpc) is 3.24. The number of fused-ring (bicyclic) bond motifs is 3. The highest BCUT2D eigenvalue weighted by Gasteiger charge is 2.37. The normalized spacial score (nSPS) is 16.0. The molecule has 4 aromatic rings. The molecule has 0 spiro atoms. The fraction of sp³-hybridized carbons (Fsp3) is 0.148. The topological polar surface area (TPSA) is 59.4 Å². The molecule has 1 aliphatic heterocycles. The Balaban J connectivity index is 1.72. The Labute approximate surface area is 194 Å². The van der Waals surface area contributed by atoms with Crippen molar-refractivity contribution in [3.05, 3.63) is 119 Å². The molecule has 0 bridgehead atoms. The molecule has 0 saturated carbocycles. The van der Waals surface area contributed by atoms with Crippen LogP contribution in [0.15, 0.2) is 96.0 Å². The number of carbonyl (C=O) groups is 1. The number of rotatable bonds is 4. The second-order valence-corrected chi connectivity index (χ2v) is 10.3. The molecular formula is C27H24N2O3S. The van der Waals surface area contributed by atoms with Gasteiger partial charge in [0.1, 0.15) is 0 Å². The van der Waals surface area contributed by atoms with Crippen molar-refractivity contribution in [3.63, 3.8) is 0 Å². The Hall–Kier alpha value is -3.48. The molecular weight excluding hydrogens is 432 g/mol. The molecule has 166 valence electrons. The maximum Gasteiger partial charge on any atom is 0.244 e. The summed E-state index contributed by atoms with van der Waals surface area (Å²) in [5, 5.41) is 0. The van der Waals surface area contributed by atoms with Crippen LogP contribution in [0, 0.1) is 6.92 Å². The van der Waals surface area contributed by atoms with Crippen molar-refractivity contribution >= 4 is 15.8 Å². The molecule has 5 rings (SSSR count). The molecule has 0 N–H and O–H groups in total. The highest BCUT2D eigenvalue weighted by Crippen LogP contribution is 2.39. The van der Waals surface area contributed by atoms with Gasteiger partial charge in [0, 0.05) is 29.7 Å². The molecule has 6 heteroatoms. The molecule has 33 heavy (non-hydrogen) atoms. The summed E-state index contributed by atoms with van der Waals surface area (Å²) in [7, 11) is -3.89. The molecule has 3 aromatic carbocycles. The quantitative estimate of drug-likeness (QED) is 0.393. The zero-order chi connectivity index (χ0) is 23.2. The molecule has 0 unspecified atom stereocenters. The minimum absolute atomic E-state index is 0.0991. The molecule has 0 fully saturated rings. The van der Waals surface area contributed by atoms with E-state index in [2.05, 4.69) is 4.57 Å². The molecule has 0 radical (unpaired) electrons. The van der Waals surface area contributed by atoms with Gasteiger partial charge in [0.05, 0.1) is 10.9 Å². The van der Waals surface area contributed by atoms with Crippen LogP contribution in [-0.2, 0) is 16.6 Å². The monoisotopic (exact) mass is 456 g/mol. The number of hydrogen-bond donors (Lipinski definition) is 0. The summed E-state index contributed by atoms with van der Waals surface area (Å²) in [4.78, 5) is 11.9. The van der Waals surface area contributed by atoms with E-state index in [1.165, 1.54) is 19.1 Å². The van der Waals surface area contributed by atoms with Gasteiger partial charge in [-0.3, -0.25) is 4.79 Å². The number of ketones is 1. The Morgan fingerprint density at radius 3 is 2.27 bits per heavy atom. The van der Waals surface area contributed by atoms with Crippen molar-refractivity contribution < 1.29 is 13.2 Å². The number of Topliss-reactive ketones (excluding diaryl/α,β-unsaturated/α-hetero) is 1. The van der Waals surface area contributed by atoms with E-state index in [9.17, 15) is 13.2 Å². The molecule has 1 atom stereocenters. The fourth-order valence-corrected chi connectivity index (χ4v) is 6.00. The lowest BCUT2D eigenvalue weighted by molar-refractivity contribution is 0.101. The molecule has 5 nitrogen and oxygen atoms in total. The second kappa shape index (κ2) is 8.14. The zero-order valence-corrected chi connectivity index (χ0v) is 19.3. The predicted octanol–water partition coefficient (Wildman–Crippen LogP) is 5.28. The Kier molecular flexibility index (Phi) is 5.27. The first-order valence-electron chi connectivity index (χ1n) is 10.8. The maximum absolute atomic E-state index is 14.0.